The predicted octanol–water partition coefficient (Wildman–Crippen LogP) is 0.761. The maximum Gasteiger partial charge on any atom is 0.255 e. The molecule has 0 radical (unpaired) electrons. The third-order valence-corrected chi connectivity index (χ3v) is 2.19. The molecule has 0 aliphatic rings. The quantitative estimate of drug-likeness (QED) is 0.306. The molecule has 1 unspecified atom stereocenters. The topological polar surface area (TPSA) is 101 Å². The van der Waals surface area contributed by atoms with Crippen LogP contribution in [-0.4, -0.2) is 23.0 Å². The number of amidine groups is 1. The van der Waals surface area contributed by atoms with Gasteiger partial charge in [0.05, 0.1) is 11.6 Å². The number of hydrogen-bond acceptors (Lipinski definition) is 4. The van der Waals surface area contributed by atoms with Gasteiger partial charge in [-0.3, -0.25) is 4.79 Å². The Bertz CT molecular complexity index is 423. The molecule has 0 fully saturated rings. The van der Waals surface area contributed by atoms with E-state index in [1.807, 2.05) is 0 Å². The molecule has 0 saturated carbocycles. The van der Waals surface area contributed by atoms with E-state index in [1.54, 1.807) is 26.8 Å². The van der Waals surface area contributed by atoms with Crippen LogP contribution in [0.2, 0.25) is 0 Å². The molecule has 0 aromatic carbocycles. The summed E-state index contributed by atoms with van der Waals surface area (Å²) in [5.74, 6) is 0.848. The second-order valence-electron chi connectivity index (χ2n) is 3.55. The molecule has 0 bridgehead atoms. The second kappa shape index (κ2) is 4.69. The van der Waals surface area contributed by atoms with Crippen LogP contribution >= 0.6 is 0 Å². The minimum Gasteiger partial charge on any atom is -0.466 e. The number of nitrogens with two attached hydrogens (primary N) is 1. The molecule has 1 amide bonds. The normalized spacial score (nSPS) is 13.6. The molecule has 1 atom stereocenters. The molecule has 0 aliphatic carbocycles. The number of furan rings is 1. The lowest BCUT2D eigenvalue weighted by atomic mass is 10.2. The Hall–Kier alpha value is -1.98. The molecular weight excluding hydrogens is 210 g/mol. The molecule has 0 spiro atoms. The Morgan fingerprint density at radius 3 is 2.69 bits per heavy atom. The van der Waals surface area contributed by atoms with Crippen LogP contribution in [0, 0.1) is 13.8 Å². The Morgan fingerprint density at radius 1 is 1.62 bits per heavy atom. The summed E-state index contributed by atoms with van der Waals surface area (Å²) in [4.78, 5) is 11.7. The van der Waals surface area contributed by atoms with E-state index in [1.165, 1.54) is 0 Å². The van der Waals surface area contributed by atoms with Gasteiger partial charge in [-0.2, -0.15) is 0 Å². The van der Waals surface area contributed by atoms with Crippen molar-refractivity contribution in [3.05, 3.63) is 23.2 Å². The molecular formula is C10H15N3O3. The van der Waals surface area contributed by atoms with Gasteiger partial charge >= 0.3 is 0 Å². The number of nitrogens with one attached hydrogen (secondary N) is 1. The van der Waals surface area contributed by atoms with Crippen LogP contribution in [0.25, 0.3) is 0 Å². The van der Waals surface area contributed by atoms with Gasteiger partial charge in [0.2, 0.25) is 0 Å². The number of rotatable bonds is 3. The molecule has 88 valence electrons. The van der Waals surface area contributed by atoms with Crippen molar-refractivity contribution in [2.45, 2.75) is 26.8 Å². The molecule has 4 N–H and O–H groups in total. The second-order valence-corrected chi connectivity index (χ2v) is 3.55. The summed E-state index contributed by atoms with van der Waals surface area (Å²) in [7, 11) is 0. The first-order valence-electron chi connectivity index (χ1n) is 4.81. The highest BCUT2D eigenvalue weighted by molar-refractivity contribution is 5.98. The van der Waals surface area contributed by atoms with E-state index >= 15 is 0 Å². The first kappa shape index (κ1) is 12.1. The largest absolute Gasteiger partial charge is 0.466 e. The first-order chi connectivity index (χ1) is 7.45. The third-order valence-electron chi connectivity index (χ3n) is 2.19. The van der Waals surface area contributed by atoms with Crippen molar-refractivity contribution in [2.24, 2.45) is 10.9 Å². The van der Waals surface area contributed by atoms with Crippen molar-refractivity contribution >= 4 is 11.7 Å². The van der Waals surface area contributed by atoms with Gasteiger partial charge < -0.3 is 20.7 Å². The van der Waals surface area contributed by atoms with E-state index in [-0.39, 0.29) is 11.7 Å². The summed E-state index contributed by atoms with van der Waals surface area (Å²) in [6.07, 6.45) is 0. The van der Waals surface area contributed by atoms with Gasteiger partial charge in [0.25, 0.3) is 5.91 Å². The lowest BCUT2D eigenvalue weighted by molar-refractivity contribution is 0.0947. The predicted molar refractivity (Wildman–Crippen MR) is 58.5 cm³/mol. The molecule has 0 saturated heterocycles. The molecule has 0 aliphatic heterocycles. The van der Waals surface area contributed by atoms with Crippen molar-refractivity contribution in [3.63, 3.8) is 0 Å². The monoisotopic (exact) mass is 225 g/mol. The van der Waals surface area contributed by atoms with E-state index in [4.69, 9.17) is 15.4 Å². The number of amides is 1. The number of carbonyl (C=O) groups excluding carboxylic acids is 1. The summed E-state index contributed by atoms with van der Waals surface area (Å²) < 4.78 is 5.23. The van der Waals surface area contributed by atoms with Crippen LogP contribution < -0.4 is 11.1 Å². The molecule has 1 aromatic heterocycles. The van der Waals surface area contributed by atoms with Crippen LogP contribution in [0.5, 0.6) is 0 Å². The Balaban J connectivity index is 2.77. The van der Waals surface area contributed by atoms with Crippen molar-refractivity contribution in [2.75, 3.05) is 0 Å². The SMILES string of the molecule is Cc1cc(C(=O)NC(C)/C(N)=N/O)c(C)o1. The summed E-state index contributed by atoms with van der Waals surface area (Å²) in [5, 5.41) is 13.8. The number of hydrogen-bond donors (Lipinski definition) is 3. The summed E-state index contributed by atoms with van der Waals surface area (Å²) in [6.45, 7) is 5.09. The fourth-order valence-corrected chi connectivity index (χ4v) is 1.29. The van der Waals surface area contributed by atoms with E-state index in [9.17, 15) is 4.79 Å². The lowest BCUT2D eigenvalue weighted by Gasteiger charge is -2.11. The number of oxime groups is 1. The van der Waals surface area contributed by atoms with E-state index in [0.717, 1.165) is 0 Å². The van der Waals surface area contributed by atoms with Gasteiger partial charge in [0, 0.05) is 0 Å². The van der Waals surface area contributed by atoms with Crippen LogP contribution in [-0.2, 0) is 0 Å². The Labute approximate surface area is 93.1 Å². The first-order valence-corrected chi connectivity index (χ1v) is 4.81. The van der Waals surface area contributed by atoms with Crippen LogP contribution in [0.1, 0.15) is 28.8 Å². The number of nitrogens with zero attached hydrogens (tertiary/aromatic N) is 1. The smallest absolute Gasteiger partial charge is 0.255 e. The summed E-state index contributed by atoms with van der Waals surface area (Å²) >= 11 is 0. The van der Waals surface area contributed by atoms with Crippen molar-refractivity contribution in [1.82, 2.24) is 5.32 Å². The lowest BCUT2D eigenvalue weighted by Crippen LogP contribution is -2.42. The average Bonchev–Trinajstić information content (AvgIpc) is 2.56. The standard InChI is InChI=1S/C10H15N3O3/c1-5-4-8(7(3)16-5)10(14)12-6(2)9(11)13-15/h4,6,15H,1-3H3,(H2,11,13)(H,12,14). The molecule has 6 heteroatoms. The Morgan fingerprint density at radius 2 is 2.25 bits per heavy atom. The van der Waals surface area contributed by atoms with Gasteiger partial charge in [0.15, 0.2) is 5.84 Å². The maximum atomic E-state index is 11.7. The number of carbonyl (C=O) groups is 1. The van der Waals surface area contributed by atoms with Gasteiger partial charge in [-0.25, -0.2) is 0 Å². The fraction of sp³-hybridized carbons (Fsp3) is 0.400. The minimum absolute atomic E-state index is 0.0498. The Kier molecular flexibility index (Phi) is 3.55. The molecule has 1 rings (SSSR count). The maximum absolute atomic E-state index is 11.7. The zero-order valence-electron chi connectivity index (χ0n) is 9.44. The van der Waals surface area contributed by atoms with Crippen molar-refractivity contribution in [3.8, 4) is 0 Å². The highest BCUT2D eigenvalue weighted by Gasteiger charge is 2.17. The molecule has 1 heterocycles. The third kappa shape index (κ3) is 2.53. The van der Waals surface area contributed by atoms with Crippen molar-refractivity contribution < 1.29 is 14.4 Å². The summed E-state index contributed by atoms with van der Waals surface area (Å²) in [5.41, 5.74) is 5.80. The minimum atomic E-state index is -0.535. The fourth-order valence-electron chi connectivity index (χ4n) is 1.29. The van der Waals surface area contributed by atoms with Crippen molar-refractivity contribution in [1.29, 1.82) is 0 Å². The van der Waals surface area contributed by atoms with Gasteiger partial charge in [-0.05, 0) is 26.8 Å². The highest BCUT2D eigenvalue weighted by Crippen LogP contribution is 2.13. The van der Waals surface area contributed by atoms with Crippen LogP contribution in [0.3, 0.4) is 0 Å². The average molecular weight is 225 g/mol. The summed E-state index contributed by atoms with van der Waals surface area (Å²) in [6, 6.07) is 1.11. The van der Waals surface area contributed by atoms with Gasteiger partial charge in [0.1, 0.15) is 11.5 Å². The van der Waals surface area contributed by atoms with Gasteiger partial charge in [-0.15, -0.1) is 0 Å². The van der Waals surface area contributed by atoms with E-state index in [0.29, 0.717) is 17.1 Å². The molecule has 16 heavy (non-hydrogen) atoms. The molecule has 1 aromatic rings. The van der Waals surface area contributed by atoms with Gasteiger partial charge in [-0.1, -0.05) is 5.16 Å². The highest BCUT2D eigenvalue weighted by atomic mass is 16.4. The van der Waals surface area contributed by atoms with E-state index < -0.39 is 6.04 Å². The zero-order chi connectivity index (χ0) is 12.3. The molecule has 6 nitrogen and oxygen atoms in total. The van der Waals surface area contributed by atoms with Crippen LogP contribution in [0.4, 0.5) is 0 Å². The van der Waals surface area contributed by atoms with Crippen LogP contribution in [0.15, 0.2) is 15.6 Å². The number of aryl methyl sites for hydroxylation is 2. The van der Waals surface area contributed by atoms with E-state index in [2.05, 4.69) is 10.5 Å². The zero-order valence-corrected chi connectivity index (χ0v) is 9.44.